The van der Waals surface area contributed by atoms with E-state index in [-0.39, 0.29) is 11.9 Å². The Morgan fingerprint density at radius 2 is 2.10 bits per heavy atom. The van der Waals surface area contributed by atoms with Crippen LogP contribution < -0.4 is 10.6 Å². The molecule has 0 spiro atoms. The Kier molecular flexibility index (Phi) is 5.26. The maximum Gasteiger partial charge on any atom is 0.270 e. The lowest BCUT2D eigenvalue weighted by Crippen LogP contribution is -2.27. The highest BCUT2D eigenvalue weighted by atomic mass is 16.1. The van der Waals surface area contributed by atoms with Gasteiger partial charge in [-0.25, -0.2) is 4.98 Å². The van der Waals surface area contributed by atoms with Crippen LogP contribution in [0.15, 0.2) is 42.7 Å². The molecule has 2 N–H and O–H groups in total. The minimum absolute atomic E-state index is 0.154. The second kappa shape index (κ2) is 7.38. The van der Waals surface area contributed by atoms with Crippen molar-refractivity contribution in [3.8, 4) is 0 Å². The smallest absolute Gasteiger partial charge is 0.270 e. The molecule has 110 valence electrons. The van der Waals surface area contributed by atoms with Crippen molar-refractivity contribution in [2.45, 2.75) is 26.3 Å². The number of hydrogen-bond donors (Lipinski definition) is 2. The molecule has 2 heterocycles. The molecule has 0 fully saturated rings. The molecule has 0 radical (unpaired) electrons. The van der Waals surface area contributed by atoms with Gasteiger partial charge in [0.05, 0.1) is 23.6 Å². The number of rotatable bonds is 6. The Morgan fingerprint density at radius 1 is 1.24 bits per heavy atom. The zero-order valence-corrected chi connectivity index (χ0v) is 12.3. The highest BCUT2D eigenvalue weighted by molar-refractivity contribution is 5.92. The molecule has 0 bridgehead atoms. The summed E-state index contributed by atoms with van der Waals surface area (Å²) in [7, 11) is 0. The molecule has 2 aromatic rings. The lowest BCUT2D eigenvalue weighted by atomic mass is 10.2. The van der Waals surface area contributed by atoms with Crippen LogP contribution in [0.1, 0.15) is 42.5 Å². The van der Waals surface area contributed by atoms with E-state index in [1.165, 1.54) is 0 Å². The highest BCUT2D eigenvalue weighted by Gasteiger charge is 2.13. The summed E-state index contributed by atoms with van der Waals surface area (Å²) in [4.78, 5) is 20.5. The molecule has 2 aromatic heterocycles. The average Bonchev–Trinajstić information content (AvgIpc) is 2.54. The van der Waals surface area contributed by atoms with Gasteiger partial charge >= 0.3 is 0 Å². The van der Waals surface area contributed by atoms with Gasteiger partial charge in [-0.15, -0.1) is 0 Å². The van der Waals surface area contributed by atoms with Crippen LogP contribution in [0.25, 0.3) is 0 Å². The minimum atomic E-state index is -0.199. The lowest BCUT2D eigenvalue weighted by Gasteiger charge is -2.13. The molecule has 0 aliphatic carbocycles. The summed E-state index contributed by atoms with van der Waals surface area (Å²) in [5.41, 5.74) is 2.15. The van der Waals surface area contributed by atoms with E-state index < -0.39 is 0 Å². The van der Waals surface area contributed by atoms with Gasteiger partial charge < -0.3 is 10.6 Å². The molecule has 0 saturated carbocycles. The number of pyridine rings is 2. The Hall–Kier alpha value is -2.43. The number of aromatic nitrogens is 2. The third-order valence-electron chi connectivity index (χ3n) is 3.05. The largest absolute Gasteiger partial charge is 0.384 e. The van der Waals surface area contributed by atoms with Crippen molar-refractivity contribution in [2.75, 3.05) is 11.9 Å². The van der Waals surface area contributed by atoms with Crippen molar-refractivity contribution in [1.82, 2.24) is 15.3 Å². The number of amides is 1. The van der Waals surface area contributed by atoms with Gasteiger partial charge in [0, 0.05) is 12.7 Å². The first-order chi connectivity index (χ1) is 10.2. The molecule has 21 heavy (non-hydrogen) atoms. The van der Waals surface area contributed by atoms with E-state index in [9.17, 15) is 4.79 Å². The minimum Gasteiger partial charge on any atom is -0.384 e. The molecule has 1 unspecified atom stereocenters. The monoisotopic (exact) mass is 284 g/mol. The van der Waals surface area contributed by atoms with Crippen LogP contribution in [0.5, 0.6) is 0 Å². The third-order valence-corrected chi connectivity index (χ3v) is 3.05. The van der Waals surface area contributed by atoms with Gasteiger partial charge in [0.1, 0.15) is 5.69 Å². The highest BCUT2D eigenvalue weighted by Crippen LogP contribution is 2.10. The molecule has 0 aliphatic heterocycles. The zero-order valence-electron chi connectivity index (χ0n) is 12.3. The number of anilines is 1. The fourth-order valence-electron chi connectivity index (χ4n) is 1.88. The summed E-state index contributed by atoms with van der Waals surface area (Å²) < 4.78 is 0. The normalized spacial score (nSPS) is 11.7. The number of carbonyl (C=O) groups excluding carboxylic acids is 1. The Balaban J connectivity index is 1.97. The standard InChI is InChI=1S/C16H20N4O/c1-3-9-17-13-7-8-15(19-11-13)16(21)20-12(2)14-6-4-5-10-18-14/h4-8,10-12,17H,3,9H2,1-2H3,(H,20,21). The number of nitrogens with zero attached hydrogens (tertiary/aromatic N) is 2. The molecule has 0 aliphatic rings. The fourth-order valence-corrected chi connectivity index (χ4v) is 1.88. The second-order valence-corrected chi connectivity index (χ2v) is 4.81. The molecule has 0 aromatic carbocycles. The number of carbonyl (C=O) groups is 1. The quantitative estimate of drug-likeness (QED) is 0.856. The first-order valence-electron chi connectivity index (χ1n) is 7.12. The van der Waals surface area contributed by atoms with Gasteiger partial charge in [0.15, 0.2) is 0 Å². The van der Waals surface area contributed by atoms with Crippen LogP contribution in [0, 0.1) is 0 Å². The van der Waals surface area contributed by atoms with Crippen molar-refractivity contribution >= 4 is 11.6 Å². The Labute approximate surface area is 124 Å². The molecule has 1 atom stereocenters. The van der Waals surface area contributed by atoms with Crippen LogP contribution in [0.3, 0.4) is 0 Å². The van der Waals surface area contributed by atoms with E-state index in [0.717, 1.165) is 24.3 Å². The summed E-state index contributed by atoms with van der Waals surface area (Å²) in [6.07, 6.45) is 4.43. The summed E-state index contributed by atoms with van der Waals surface area (Å²) >= 11 is 0. The van der Waals surface area contributed by atoms with E-state index in [1.807, 2.05) is 31.2 Å². The Bertz CT molecular complexity index is 569. The maximum atomic E-state index is 12.1. The zero-order chi connectivity index (χ0) is 15.1. The van der Waals surface area contributed by atoms with E-state index in [0.29, 0.717) is 5.69 Å². The summed E-state index contributed by atoms with van der Waals surface area (Å²) in [5, 5.41) is 6.11. The van der Waals surface area contributed by atoms with Gasteiger partial charge in [0.25, 0.3) is 5.91 Å². The first kappa shape index (κ1) is 15.0. The number of nitrogens with one attached hydrogen (secondary N) is 2. The molecule has 5 heteroatoms. The third kappa shape index (κ3) is 4.27. The van der Waals surface area contributed by atoms with Gasteiger partial charge in [0.2, 0.25) is 0 Å². The van der Waals surface area contributed by atoms with Gasteiger partial charge in [-0.05, 0) is 37.6 Å². The molecule has 5 nitrogen and oxygen atoms in total. The van der Waals surface area contributed by atoms with E-state index in [2.05, 4.69) is 27.5 Å². The maximum absolute atomic E-state index is 12.1. The summed E-state index contributed by atoms with van der Waals surface area (Å²) in [5.74, 6) is -0.199. The van der Waals surface area contributed by atoms with E-state index in [1.54, 1.807) is 18.5 Å². The van der Waals surface area contributed by atoms with E-state index >= 15 is 0 Å². The van der Waals surface area contributed by atoms with Crippen molar-refractivity contribution in [2.24, 2.45) is 0 Å². The topological polar surface area (TPSA) is 66.9 Å². The predicted molar refractivity (Wildman–Crippen MR) is 83.1 cm³/mol. The SMILES string of the molecule is CCCNc1ccc(C(=O)NC(C)c2ccccn2)nc1. The molecule has 1 amide bonds. The van der Waals surface area contributed by atoms with Crippen molar-refractivity contribution in [3.63, 3.8) is 0 Å². The second-order valence-electron chi connectivity index (χ2n) is 4.81. The van der Waals surface area contributed by atoms with Crippen LogP contribution in [-0.2, 0) is 0 Å². The van der Waals surface area contributed by atoms with Crippen LogP contribution in [0.2, 0.25) is 0 Å². The van der Waals surface area contributed by atoms with Gasteiger partial charge in [-0.3, -0.25) is 9.78 Å². The van der Waals surface area contributed by atoms with Gasteiger partial charge in [-0.1, -0.05) is 13.0 Å². The molecular weight excluding hydrogens is 264 g/mol. The summed E-state index contributed by atoms with van der Waals surface area (Å²) in [6.45, 7) is 4.89. The van der Waals surface area contributed by atoms with Gasteiger partial charge in [-0.2, -0.15) is 0 Å². The molecule has 2 rings (SSSR count). The van der Waals surface area contributed by atoms with E-state index in [4.69, 9.17) is 0 Å². The van der Waals surface area contributed by atoms with Crippen LogP contribution in [-0.4, -0.2) is 22.4 Å². The van der Waals surface area contributed by atoms with Crippen molar-refractivity contribution < 1.29 is 4.79 Å². The first-order valence-corrected chi connectivity index (χ1v) is 7.12. The molecule has 0 saturated heterocycles. The fraction of sp³-hybridized carbons (Fsp3) is 0.312. The van der Waals surface area contributed by atoms with Crippen LogP contribution >= 0.6 is 0 Å². The molecular formula is C16H20N4O. The van der Waals surface area contributed by atoms with Crippen molar-refractivity contribution in [3.05, 3.63) is 54.1 Å². The van der Waals surface area contributed by atoms with Crippen molar-refractivity contribution in [1.29, 1.82) is 0 Å². The van der Waals surface area contributed by atoms with Crippen LogP contribution in [0.4, 0.5) is 5.69 Å². The number of hydrogen-bond acceptors (Lipinski definition) is 4. The summed E-state index contributed by atoms with van der Waals surface area (Å²) in [6, 6.07) is 9.06. The lowest BCUT2D eigenvalue weighted by molar-refractivity contribution is 0.0934. The average molecular weight is 284 g/mol. The predicted octanol–water partition coefficient (Wildman–Crippen LogP) is 2.79. The Morgan fingerprint density at radius 3 is 2.71 bits per heavy atom.